The van der Waals surface area contributed by atoms with Crippen LogP contribution < -0.4 is 0 Å². The average Bonchev–Trinajstić information content (AvgIpc) is 2.75. The van der Waals surface area contributed by atoms with Crippen molar-refractivity contribution in [2.75, 3.05) is 13.2 Å². The second-order valence-corrected chi connectivity index (χ2v) is 8.94. The van der Waals surface area contributed by atoms with Crippen LogP contribution in [-0.2, 0) is 23.8 Å². The van der Waals surface area contributed by atoms with E-state index >= 15 is 0 Å². The van der Waals surface area contributed by atoms with Gasteiger partial charge in [0, 0.05) is 12.3 Å². The van der Waals surface area contributed by atoms with Crippen molar-refractivity contribution >= 4 is 11.9 Å². The van der Waals surface area contributed by atoms with Crippen molar-refractivity contribution in [2.45, 2.75) is 111 Å². The molecule has 5 nitrogen and oxygen atoms in total. The molecule has 0 N–H and O–H groups in total. The van der Waals surface area contributed by atoms with E-state index in [9.17, 15) is 9.59 Å². The zero-order chi connectivity index (χ0) is 23.5. The summed E-state index contributed by atoms with van der Waals surface area (Å²) in [6.07, 6.45) is 11.3. The lowest BCUT2D eigenvalue weighted by molar-refractivity contribution is -0.154. The molecule has 0 spiro atoms. The van der Waals surface area contributed by atoms with Crippen LogP contribution in [0.1, 0.15) is 105 Å². The Bertz CT molecular complexity index is 474. The van der Waals surface area contributed by atoms with Crippen LogP contribution in [0.4, 0.5) is 0 Å². The van der Waals surface area contributed by atoms with E-state index in [0.717, 1.165) is 32.1 Å². The molecule has 0 radical (unpaired) electrons. The minimum absolute atomic E-state index is 0.00325. The molecule has 0 aliphatic carbocycles. The maximum Gasteiger partial charge on any atom is 0.306 e. The highest BCUT2D eigenvalue weighted by atomic mass is 16.5. The summed E-state index contributed by atoms with van der Waals surface area (Å²) in [7, 11) is 0. The lowest BCUT2D eigenvalue weighted by Gasteiger charge is -2.26. The van der Waals surface area contributed by atoms with Crippen LogP contribution >= 0.6 is 0 Å². The molecule has 31 heavy (non-hydrogen) atoms. The van der Waals surface area contributed by atoms with Crippen LogP contribution in [0.2, 0.25) is 0 Å². The number of rotatable bonds is 20. The molecule has 0 aliphatic heterocycles. The molecular formula is C26H48O5. The number of ether oxygens (including phenoxy) is 3. The van der Waals surface area contributed by atoms with Gasteiger partial charge < -0.3 is 14.2 Å². The van der Waals surface area contributed by atoms with Crippen molar-refractivity contribution < 1.29 is 23.8 Å². The highest BCUT2D eigenvalue weighted by Gasteiger charge is 2.23. The van der Waals surface area contributed by atoms with Crippen LogP contribution in [0, 0.1) is 17.8 Å². The summed E-state index contributed by atoms with van der Waals surface area (Å²) in [5.74, 6) is 0.375. The molecule has 3 unspecified atom stereocenters. The normalized spacial score (nSPS) is 14.0. The van der Waals surface area contributed by atoms with Crippen LogP contribution in [0.25, 0.3) is 0 Å². The Kier molecular flexibility index (Phi) is 18.2. The number of esters is 2. The smallest absolute Gasteiger partial charge is 0.306 e. The van der Waals surface area contributed by atoms with Gasteiger partial charge in [-0.05, 0) is 37.5 Å². The van der Waals surface area contributed by atoms with E-state index in [0.29, 0.717) is 31.5 Å². The molecule has 0 bridgehead atoms. The molecule has 0 fully saturated rings. The molecule has 0 heterocycles. The fraction of sp³-hybridized carbons (Fsp3) is 0.846. The second kappa shape index (κ2) is 19.2. The number of carbonyl (C=O) groups excluding carboxylic acids is 2. The van der Waals surface area contributed by atoms with E-state index in [1.54, 1.807) is 0 Å². The van der Waals surface area contributed by atoms with Gasteiger partial charge in [0.15, 0.2) is 0 Å². The molecule has 0 aliphatic rings. The molecule has 0 aromatic rings. The van der Waals surface area contributed by atoms with Gasteiger partial charge in [-0.2, -0.15) is 0 Å². The predicted octanol–water partition coefficient (Wildman–Crippen LogP) is 6.84. The lowest BCUT2D eigenvalue weighted by atomic mass is 9.90. The van der Waals surface area contributed by atoms with Crippen LogP contribution in [-0.4, -0.2) is 31.3 Å². The summed E-state index contributed by atoms with van der Waals surface area (Å²) in [5, 5.41) is 0. The Morgan fingerprint density at radius 2 is 1.58 bits per heavy atom. The van der Waals surface area contributed by atoms with E-state index in [-0.39, 0.29) is 30.4 Å². The highest BCUT2D eigenvalue weighted by molar-refractivity contribution is 5.70. The maximum absolute atomic E-state index is 12.5. The summed E-state index contributed by atoms with van der Waals surface area (Å²) >= 11 is 0. The number of hydrogen-bond donors (Lipinski definition) is 0. The standard InChI is InChI=1S/C26H48O5/c1-7-11-12-13-14-15-16-25(27)30-19-22(8-2)17-26(28)31-24(9-3)18-23(21(5)6)20-29-10-4/h10,21-24H,4,7-9,11-20H2,1-3,5-6H3. The molecule has 5 heteroatoms. The van der Waals surface area contributed by atoms with E-state index < -0.39 is 0 Å². The minimum Gasteiger partial charge on any atom is -0.502 e. The number of carbonyl (C=O) groups is 2. The Balaban J connectivity index is 4.30. The molecule has 0 saturated heterocycles. The average molecular weight is 441 g/mol. The third-order valence-electron chi connectivity index (χ3n) is 5.94. The molecule has 0 amide bonds. The third-order valence-corrected chi connectivity index (χ3v) is 5.94. The van der Waals surface area contributed by atoms with Crippen molar-refractivity contribution in [2.24, 2.45) is 17.8 Å². The number of unbranched alkanes of at least 4 members (excludes halogenated alkanes) is 5. The first-order valence-electron chi connectivity index (χ1n) is 12.4. The Hall–Kier alpha value is -1.52. The van der Waals surface area contributed by atoms with Gasteiger partial charge in [0.1, 0.15) is 6.10 Å². The fourth-order valence-corrected chi connectivity index (χ4v) is 3.48. The van der Waals surface area contributed by atoms with Gasteiger partial charge in [-0.15, -0.1) is 0 Å². The summed E-state index contributed by atoms with van der Waals surface area (Å²) in [5.41, 5.74) is 0. The van der Waals surface area contributed by atoms with E-state index in [1.807, 2.05) is 13.8 Å². The van der Waals surface area contributed by atoms with Gasteiger partial charge in [-0.3, -0.25) is 9.59 Å². The Labute approximate surface area is 191 Å². The third kappa shape index (κ3) is 15.9. The fourth-order valence-electron chi connectivity index (χ4n) is 3.48. The monoisotopic (exact) mass is 440 g/mol. The first-order valence-corrected chi connectivity index (χ1v) is 12.4. The van der Waals surface area contributed by atoms with Crippen molar-refractivity contribution in [3.05, 3.63) is 12.8 Å². The molecule has 0 saturated carbocycles. The predicted molar refractivity (Wildman–Crippen MR) is 127 cm³/mol. The highest BCUT2D eigenvalue weighted by Crippen LogP contribution is 2.22. The molecule has 0 aromatic carbocycles. The van der Waals surface area contributed by atoms with E-state index in [4.69, 9.17) is 14.2 Å². The van der Waals surface area contributed by atoms with Crippen molar-refractivity contribution in [1.29, 1.82) is 0 Å². The Morgan fingerprint density at radius 3 is 2.16 bits per heavy atom. The van der Waals surface area contributed by atoms with Gasteiger partial charge in [-0.25, -0.2) is 0 Å². The van der Waals surface area contributed by atoms with Crippen LogP contribution in [0.5, 0.6) is 0 Å². The van der Waals surface area contributed by atoms with Gasteiger partial charge in [0.25, 0.3) is 0 Å². The summed E-state index contributed by atoms with van der Waals surface area (Å²) in [4.78, 5) is 24.5. The van der Waals surface area contributed by atoms with E-state index in [2.05, 4.69) is 27.4 Å². The quantitative estimate of drug-likeness (QED) is 0.118. The van der Waals surface area contributed by atoms with Crippen molar-refractivity contribution in [3.63, 3.8) is 0 Å². The zero-order valence-corrected chi connectivity index (χ0v) is 20.8. The summed E-state index contributed by atoms with van der Waals surface area (Å²) in [6.45, 7) is 15.0. The molecule has 3 atom stereocenters. The first kappa shape index (κ1) is 29.5. The topological polar surface area (TPSA) is 61.8 Å². The lowest BCUT2D eigenvalue weighted by Crippen LogP contribution is -2.27. The molecule has 182 valence electrons. The number of hydrogen-bond acceptors (Lipinski definition) is 5. The van der Waals surface area contributed by atoms with Crippen LogP contribution in [0.3, 0.4) is 0 Å². The maximum atomic E-state index is 12.5. The van der Waals surface area contributed by atoms with Crippen molar-refractivity contribution in [3.8, 4) is 0 Å². The van der Waals surface area contributed by atoms with Gasteiger partial charge in [0.2, 0.25) is 0 Å². The van der Waals surface area contributed by atoms with Gasteiger partial charge in [0.05, 0.1) is 25.9 Å². The summed E-state index contributed by atoms with van der Waals surface area (Å²) < 4.78 is 16.5. The molecular weight excluding hydrogens is 392 g/mol. The summed E-state index contributed by atoms with van der Waals surface area (Å²) in [6, 6.07) is 0. The zero-order valence-electron chi connectivity index (χ0n) is 20.8. The van der Waals surface area contributed by atoms with Gasteiger partial charge in [-0.1, -0.05) is 73.3 Å². The van der Waals surface area contributed by atoms with Crippen LogP contribution in [0.15, 0.2) is 12.8 Å². The largest absolute Gasteiger partial charge is 0.502 e. The van der Waals surface area contributed by atoms with Gasteiger partial charge >= 0.3 is 11.9 Å². The van der Waals surface area contributed by atoms with Crippen molar-refractivity contribution in [1.82, 2.24) is 0 Å². The first-order chi connectivity index (χ1) is 14.9. The Morgan fingerprint density at radius 1 is 0.903 bits per heavy atom. The molecule has 0 rings (SSSR count). The second-order valence-electron chi connectivity index (χ2n) is 8.94. The minimum atomic E-state index is -0.210. The SMILES string of the molecule is C=COCC(CC(CC)OC(=O)CC(CC)COC(=O)CCCCCCCC)C(C)C. The molecule has 0 aromatic heterocycles. The van der Waals surface area contributed by atoms with E-state index in [1.165, 1.54) is 31.9 Å².